The Hall–Kier alpha value is -0.0800. The van der Waals surface area contributed by atoms with Crippen LogP contribution in [0.15, 0.2) is 0 Å². The third kappa shape index (κ3) is 31.9. The molecule has 2 heteroatoms. The van der Waals surface area contributed by atoms with E-state index in [2.05, 4.69) is 0 Å². The quantitative estimate of drug-likeness (QED) is 0.0969. The van der Waals surface area contributed by atoms with Crippen molar-refractivity contribution in [2.45, 2.75) is 193 Å². The molecule has 0 radical (unpaired) electrons. The van der Waals surface area contributed by atoms with E-state index < -0.39 is 0 Å². The molecule has 0 unspecified atom stereocenters. The molecule has 4 N–H and O–H groups in total. The van der Waals surface area contributed by atoms with Crippen LogP contribution in [0.2, 0.25) is 0 Å². The number of hydrogen-bond acceptors (Lipinski definition) is 2. The topological polar surface area (TPSA) is 52.0 Å². The molecule has 0 rings (SSSR count). The molecular formula is C32H68N2. The summed E-state index contributed by atoms with van der Waals surface area (Å²) < 4.78 is 0. The van der Waals surface area contributed by atoms with E-state index in [1.54, 1.807) is 0 Å². The molecule has 0 saturated heterocycles. The van der Waals surface area contributed by atoms with E-state index in [1.807, 2.05) is 0 Å². The average molecular weight is 481 g/mol. The number of unbranched alkanes of at least 4 members (excludes halogenated alkanes) is 29. The van der Waals surface area contributed by atoms with Gasteiger partial charge in [0.25, 0.3) is 0 Å². The van der Waals surface area contributed by atoms with Crippen molar-refractivity contribution in [1.29, 1.82) is 0 Å². The third-order valence-electron chi connectivity index (χ3n) is 7.66. The van der Waals surface area contributed by atoms with Gasteiger partial charge in [0.1, 0.15) is 0 Å². The fourth-order valence-electron chi connectivity index (χ4n) is 5.24. The van der Waals surface area contributed by atoms with Crippen molar-refractivity contribution in [3.8, 4) is 0 Å². The molecule has 0 aromatic rings. The zero-order valence-corrected chi connectivity index (χ0v) is 23.8. The summed E-state index contributed by atoms with van der Waals surface area (Å²) in [6.45, 7) is 1.75. The van der Waals surface area contributed by atoms with Crippen LogP contribution in [0.4, 0.5) is 0 Å². The van der Waals surface area contributed by atoms with Crippen LogP contribution in [0, 0.1) is 0 Å². The lowest BCUT2D eigenvalue weighted by molar-refractivity contribution is 0.513. The maximum Gasteiger partial charge on any atom is -0.00773 e. The summed E-state index contributed by atoms with van der Waals surface area (Å²) in [5.41, 5.74) is 11.1. The summed E-state index contributed by atoms with van der Waals surface area (Å²) in [5, 5.41) is 0. The molecule has 0 aliphatic rings. The van der Waals surface area contributed by atoms with Crippen molar-refractivity contribution in [3.63, 3.8) is 0 Å². The minimum absolute atomic E-state index is 0.873. The van der Waals surface area contributed by atoms with Gasteiger partial charge in [-0.15, -0.1) is 0 Å². The van der Waals surface area contributed by atoms with Crippen LogP contribution in [-0.4, -0.2) is 13.1 Å². The molecule has 2 nitrogen and oxygen atoms in total. The maximum absolute atomic E-state index is 5.54. The van der Waals surface area contributed by atoms with E-state index in [0.29, 0.717) is 0 Å². The molecular weight excluding hydrogens is 412 g/mol. The first kappa shape index (κ1) is 33.9. The molecule has 0 fully saturated rings. The summed E-state index contributed by atoms with van der Waals surface area (Å²) in [5.74, 6) is 0. The van der Waals surface area contributed by atoms with Gasteiger partial charge in [-0.1, -0.05) is 180 Å². The van der Waals surface area contributed by atoms with Gasteiger partial charge in [-0.05, 0) is 25.9 Å². The Balaban J connectivity index is 2.99. The average Bonchev–Trinajstić information content (AvgIpc) is 2.85. The van der Waals surface area contributed by atoms with Crippen LogP contribution in [0.1, 0.15) is 193 Å². The minimum Gasteiger partial charge on any atom is -0.330 e. The van der Waals surface area contributed by atoms with Gasteiger partial charge in [0.05, 0.1) is 0 Å². The van der Waals surface area contributed by atoms with E-state index in [1.165, 1.54) is 193 Å². The van der Waals surface area contributed by atoms with E-state index in [9.17, 15) is 0 Å². The molecule has 0 aromatic carbocycles. The Morgan fingerprint density at radius 3 is 0.324 bits per heavy atom. The Morgan fingerprint density at radius 1 is 0.147 bits per heavy atom. The zero-order chi connectivity index (χ0) is 24.6. The monoisotopic (exact) mass is 481 g/mol. The highest BCUT2D eigenvalue weighted by Gasteiger charge is 1.97. The molecule has 0 aliphatic heterocycles. The maximum atomic E-state index is 5.54. The van der Waals surface area contributed by atoms with E-state index in [4.69, 9.17) is 11.5 Å². The molecule has 0 atom stereocenters. The molecule has 34 heavy (non-hydrogen) atoms. The molecule has 0 spiro atoms. The second-order valence-electron chi connectivity index (χ2n) is 11.2. The molecule has 0 aromatic heterocycles. The summed E-state index contributed by atoms with van der Waals surface area (Å²) >= 11 is 0. The largest absolute Gasteiger partial charge is 0.330 e. The standard InChI is InChI=1S/C32H68N2/c33-31-29-27-25-23-21-19-17-15-13-11-9-7-5-3-1-2-4-6-8-10-12-14-16-18-20-22-24-26-28-30-32-34/h1-34H2. The van der Waals surface area contributed by atoms with E-state index >= 15 is 0 Å². The van der Waals surface area contributed by atoms with Gasteiger partial charge in [0.2, 0.25) is 0 Å². The molecule has 0 aliphatic carbocycles. The molecule has 0 bridgehead atoms. The predicted molar refractivity (Wildman–Crippen MR) is 157 cm³/mol. The highest BCUT2D eigenvalue weighted by molar-refractivity contribution is 4.52. The first-order valence-corrected chi connectivity index (χ1v) is 16.3. The third-order valence-corrected chi connectivity index (χ3v) is 7.66. The first-order chi connectivity index (χ1) is 16.9. The fraction of sp³-hybridized carbons (Fsp3) is 1.00. The van der Waals surface area contributed by atoms with E-state index in [-0.39, 0.29) is 0 Å². The van der Waals surface area contributed by atoms with Gasteiger partial charge < -0.3 is 11.5 Å². The van der Waals surface area contributed by atoms with Crippen LogP contribution in [-0.2, 0) is 0 Å². The molecule has 0 saturated carbocycles. The lowest BCUT2D eigenvalue weighted by Crippen LogP contribution is -1.97. The Bertz CT molecular complexity index is 299. The predicted octanol–water partition coefficient (Wildman–Crippen LogP) is 10.6. The van der Waals surface area contributed by atoms with Crippen molar-refractivity contribution < 1.29 is 0 Å². The van der Waals surface area contributed by atoms with Gasteiger partial charge in [-0.3, -0.25) is 0 Å². The van der Waals surface area contributed by atoms with Crippen molar-refractivity contribution in [1.82, 2.24) is 0 Å². The highest BCUT2D eigenvalue weighted by atomic mass is 14.5. The normalized spacial score (nSPS) is 11.5. The van der Waals surface area contributed by atoms with Crippen LogP contribution >= 0.6 is 0 Å². The number of hydrogen-bond donors (Lipinski definition) is 2. The smallest absolute Gasteiger partial charge is 0.00773 e. The SMILES string of the molecule is NCCCCCCCCCCCCCCCCCCCCCCCCCCCCCCCCN. The molecule has 206 valence electrons. The van der Waals surface area contributed by atoms with Gasteiger partial charge >= 0.3 is 0 Å². The van der Waals surface area contributed by atoms with Crippen molar-refractivity contribution in [2.75, 3.05) is 13.1 Å². The number of rotatable bonds is 31. The van der Waals surface area contributed by atoms with Crippen molar-refractivity contribution in [3.05, 3.63) is 0 Å². The van der Waals surface area contributed by atoms with E-state index in [0.717, 1.165) is 13.1 Å². The lowest BCUT2D eigenvalue weighted by Gasteiger charge is -2.04. The Morgan fingerprint density at radius 2 is 0.235 bits per heavy atom. The molecule has 0 amide bonds. The fourth-order valence-corrected chi connectivity index (χ4v) is 5.24. The number of nitrogens with two attached hydrogens (primary N) is 2. The summed E-state index contributed by atoms with van der Waals surface area (Å²) in [6, 6.07) is 0. The summed E-state index contributed by atoms with van der Waals surface area (Å²) in [6.07, 6.45) is 43.2. The highest BCUT2D eigenvalue weighted by Crippen LogP contribution is 2.16. The minimum atomic E-state index is 0.873. The van der Waals surface area contributed by atoms with Gasteiger partial charge in [0, 0.05) is 0 Å². The van der Waals surface area contributed by atoms with Crippen LogP contribution in [0.25, 0.3) is 0 Å². The van der Waals surface area contributed by atoms with Gasteiger partial charge in [0.15, 0.2) is 0 Å². The van der Waals surface area contributed by atoms with Gasteiger partial charge in [-0.25, -0.2) is 0 Å². The molecule has 0 heterocycles. The van der Waals surface area contributed by atoms with Crippen LogP contribution in [0.5, 0.6) is 0 Å². The second kappa shape index (κ2) is 32.9. The summed E-state index contributed by atoms with van der Waals surface area (Å²) in [4.78, 5) is 0. The van der Waals surface area contributed by atoms with Gasteiger partial charge in [-0.2, -0.15) is 0 Å². The lowest BCUT2D eigenvalue weighted by atomic mass is 10.0. The second-order valence-corrected chi connectivity index (χ2v) is 11.2. The van der Waals surface area contributed by atoms with Crippen LogP contribution < -0.4 is 11.5 Å². The van der Waals surface area contributed by atoms with Crippen molar-refractivity contribution >= 4 is 0 Å². The Labute approximate surface area is 217 Å². The van der Waals surface area contributed by atoms with Crippen LogP contribution in [0.3, 0.4) is 0 Å². The van der Waals surface area contributed by atoms with Crippen molar-refractivity contribution in [2.24, 2.45) is 11.5 Å². The Kier molecular flexibility index (Phi) is 32.8. The zero-order valence-electron chi connectivity index (χ0n) is 23.8. The first-order valence-electron chi connectivity index (χ1n) is 16.3. The summed E-state index contributed by atoms with van der Waals surface area (Å²) in [7, 11) is 0.